The fraction of sp³-hybridized carbons (Fsp3) is 0.136. The fourth-order valence-corrected chi connectivity index (χ4v) is 6.87. The third-order valence-electron chi connectivity index (χ3n) is 9.29. The van der Waals surface area contributed by atoms with Gasteiger partial charge in [-0.3, -0.25) is 9.97 Å². The quantitative estimate of drug-likeness (QED) is 0.0511. The Morgan fingerprint density at radius 2 is 1.20 bits per heavy atom. The van der Waals surface area contributed by atoms with Crippen LogP contribution in [0.25, 0.3) is 22.9 Å². The largest absolute Gasteiger partial charge is 0.419 e. The van der Waals surface area contributed by atoms with E-state index in [1.54, 1.807) is 42.7 Å². The van der Waals surface area contributed by atoms with Crippen LogP contribution >= 0.6 is 45.2 Å². The summed E-state index contributed by atoms with van der Waals surface area (Å²) in [5.74, 6) is -5.49. The van der Waals surface area contributed by atoms with Gasteiger partial charge in [0.2, 0.25) is 11.8 Å². The first kappa shape index (κ1) is 45.9. The van der Waals surface area contributed by atoms with E-state index in [0.717, 1.165) is 36.2 Å². The van der Waals surface area contributed by atoms with E-state index < -0.39 is 34.9 Å². The molecule has 0 fully saturated rings. The van der Waals surface area contributed by atoms with Crippen molar-refractivity contribution in [2.75, 3.05) is 35.7 Å². The summed E-state index contributed by atoms with van der Waals surface area (Å²) in [6, 6.07) is 23.0. The molecule has 0 spiro atoms. The Bertz CT molecular complexity index is 2840. The van der Waals surface area contributed by atoms with Gasteiger partial charge in [-0.15, -0.1) is 15.3 Å². The van der Waals surface area contributed by atoms with E-state index in [0.29, 0.717) is 20.2 Å². The number of pyridine rings is 2. The van der Waals surface area contributed by atoms with Gasteiger partial charge in [-0.25, -0.2) is 26.3 Å². The molecule has 8 rings (SSSR count). The number of rotatable bonds is 15. The first-order chi connectivity index (χ1) is 30.9. The highest BCUT2D eigenvalue weighted by molar-refractivity contribution is 14.1. The molecule has 0 aliphatic rings. The molecule has 20 heteroatoms. The van der Waals surface area contributed by atoms with Gasteiger partial charge in [0.25, 0.3) is 5.89 Å². The molecule has 0 radical (unpaired) electrons. The van der Waals surface area contributed by atoms with Crippen molar-refractivity contribution in [2.45, 2.75) is 19.4 Å². The Balaban J connectivity index is 0.000000191. The number of hydrogen-bond acceptors (Lipinski definition) is 12. The summed E-state index contributed by atoms with van der Waals surface area (Å²) in [6.45, 7) is 1.51. The van der Waals surface area contributed by atoms with Gasteiger partial charge in [0.05, 0.1) is 40.4 Å². The first-order valence-electron chi connectivity index (χ1n) is 19.2. The van der Waals surface area contributed by atoms with E-state index >= 15 is 0 Å². The minimum absolute atomic E-state index is 0.00732. The van der Waals surface area contributed by atoms with Crippen molar-refractivity contribution in [1.29, 1.82) is 0 Å². The summed E-state index contributed by atoms with van der Waals surface area (Å²) in [6.07, 6.45) is 6.61. The third kappa shape index (κ3) is 11.7. The van der Waals surface area contributed by atoms with Crippen LogP contribution in [0.5, 0.6) is 0 Å². The third-order valence-corrected chi connectivity index (χ3v) is 10.6. The van der Waals surface area contributed by atoms with Crippen molar-refractivity contribution >= 4 is 73.9 Å². The van der Waals surface area contributed by atoms with E-state index in [1.165, 1.54) is 36.4 Å². The maximum Gasteiger partial charge on any atom is 0.318 e. The summed E-state index contributed by atoms with van der Waals surface area (Å²) in [7, 11) is 1.78. The lowest BCUT2D eigenvalue weighted by molar-refractivity contribution is 0.477. The van der Waals surface area contributed by atoms with Gasteiger partial charge in [0.1, 0.15) is 11.6 Å². The van der Waals surface area contributed by atoms with E-state index in [-0.39, 0.29) is 64.1 Å². The molecular weight excluding hydrogens is 1070 g/mol. The average Bonchev–Trinajstić information content (AvgIpc) is 3.99. The van der Waals surface area contributed by atoms with Crippen LogP contribution in [-0.2, 0) is 19.4 Å². The second-order valence-electron chi connectivity index (χ2n) is 13.7. The molecule has 4 aromatic heterocycles. The van der Waals surface area contributed by atoms with Crippen LogP contribution in [0, 0.1) is 42.0 Å². The number of hydrogen-bond donors (Lipinski definition) is 3. The highest BCUT2D eigenvalue weighted by Crippen LogP contribution is 2.36. The second-order valence-corrected chi connectivity index (χ2v) is 16.2. The molecule has 0 aliphatic carbocycles. The maximum absolute atomic E-state index is 14.7. The van der Waals surface area contributed by atoms with Crippen molar-refractivity contribution in [3.8, 4) is 22.9 Å². The van der Waals surface area contributed by atoms with Crippen molar-refractivity contribution in [3.63, 3.8) is 0 Å². The van der Waals surface area contributed by atoms with Gasteiger partial charge in [-0.2, -0.15) is 0 Å². The SMILES string of the molecule is CN(CCc1ccncc1)c1nnc(-c2ccc(F)c(F)c2Nc2ccc(I)cc2F)o1.Fc1cc(I)ccc1Nc1c(-c2nnc(CNCCc3ccccn3)o2)ccc(F)c1F. The predicted molar refractivity (Wildman–Crippen MR) is 245 cm³/mol. The topological polar surface area (TPSA) is 143 Å². The number of likely N-dealkylation sites (N-methyl/N-ethyl adjacent to an activating group) is 1. The molecular formula is C44H34F6I2N10O2. The van der Waals surface area contributed by atoms with Crippen LogP contribution in [0.15, 0.2) is 118 Å². The summed E-state index contributed by atoms with van der Waals surface area (Å²) < 4.78 is 98.3. The standard InChI is InChI=1S/2C22H17F3IN5O/c1-31(11-8-13-6-9-27-10-7-13)22-30-29-21(32-22)15-3-4-16(23)19(25)20(15)28-18-5-2-14(26)12-17(18)24;23-16-6-5-15(21(20(16)25)29-18-7-4-13(26)11-17(18)24)22-31-30-19(32-22)12-27-10-8-14-3-1-2-9-28-14/h2-7,9-10,12,28H,8,11H2,1H3;1-7,9,11,27,29H,8,10,12H2. The minimum Gasteiger partial charge on any atom is -0.419 e. The molecule has 4 aromatic carbocycles. The van der Waals surface area contributed by atoms with Crippen LogP contribution in [-0.4, -0.2) is 50.5 Å². The minimum atomic E-state index is -1.17. The highest BCUT2D eigenvalue weighted by atomic mass is 127. The van der Waals surface area contributed by atoms with Gasteiger partial charge < -0.3 is 29.7 Å². The lowest BCUT2D eigenvalue weighted by atomic mass is 10.1. The Morgan fingerprint density at radius 3 is 1.78 bits per heavy atom. The van der Waals surface area contributed by atoms with Gasteiger partial charge in [0.15, 0.2) is 23.3 Å². The molecule has 0 aliphatic heterocycles. The molecule has 0 saturated heterocycles. The molecule has 328 valence electrons. The van der Waals surface area contributed by atoms with Gasteiger partial charge >= 0.3 is 6.01 Å². The normalized spacial score (nSPS) is 11.0. The molecule has 12 nitrogen and oxygen atoms in total. The number of aromatic nitrogens is 6. The van der Waals surface area contributed by atoms with Crippen molar-refractivity contribution in [1.82, 2.24) is 35.7 Å². The molecule has 64 heavy (non-hydrogen) atoms. The number of anilines is 5. The van der Waals surface area contributed by atoms with E-state index in [2.05, 4.69) is 46.3 Å². The lowest BCUT2D eigenvalue weighted by Crippen LogP contribution is -2.20. The second kappa shape index (κ2) is 21.5. The zero-order valence-corrected chi connectivity index (χ0v) is 37.7. The van der Waals surface area contributed by atoms with Crippen molar-refractivity contribution in [2.24, 2.45) is 0 Å². The molecule has 0 unspecified atom stereocenters. The van der Waals surface area contributed by atoms with Gasteiger partial charge in [-0.05, 0) is 142 Å². The highest BCUT2D eigenvalue weighted by Gasteiger charge is 2.23. The van der Waals surface area contributed by atoms with Crippen LogP contribution in [0.2, 0.25) is 0 Å². The first-order valence-corrected chi connectivity index (χ1v) is 21.4. The summed E-state index contributed by atoms with van der Waals surface area (Å²) >= 11 is 3.91. The predicted octanol–water partition coefficient (Wildman–Crippen LogP) is 10.8. The number of halogens is 8. The van der Waals surface area contributed by atoms with Gasteiger partial charge in [-0.1, -0.05) is 11.2 Å². The monoisotopic (exact) mass is 1100 g/mol. The average molecular weight is 1100 g/mol. The van der Waals surface area contributed by atoms with Crippen molar-refractivity contribution in [3.05, 3.63) is 169 Å². The van der Waals surface area contributed by atoms with E-state index in [1.807, 2.05) is 75.5 Å². The fourth-order valence-electron chi connectivity index (χ4n) is 5.97. The van der Waals surface area contributed by atoms with Gasteiger partial charge in [0, 0.05) is 58.0 Å². The Morgan fingerprint density at radius 1 is 0.609 bits per heavy atom. The molecule has 0 amide bonds. The zero-order chi connectivity index (χ0) is 45.2. The van der Waals surface area contributed by atoms with Crippen LogP contribution < -0.4 is 20.9 Å². The lowest BCUT2D eigenvalue weighted by Gasteiger charge is -2.14. The van der Waals surface area contributed by atoms with Crippen LogP contribution in [0.3, 0.4) is 0 Å². The van der Waals surface area contributed by atoms with Crippen molar-refractivity contribution < 1.29 is 35.2 Å². The molecule has 4 heterocycles. The summed E-state index contributed by atoms with van der Waals surface area (Å²) in [5.41, 5.74) is 1.68. The summed E-state index contributed by atoms with van der Waals surface area (Å²) in [5, 5.41) is 24.3. The molecule has 0 bridgehead atoms. The molecule has 0 saturated carbocycles. The summed E-state index contributed by atoms with van der Waals surface area (Å²) in [4.78, 5) is 9.99. The van der Waals surface area contributed by atoms with Crippen LogP contribution in [0.1, 0.15) is 17.1 Å². The molecule has 3 N–H and O–H groups in total. The number of nitrogens with zero attached hydrogens (tertiary/aromatic N) is 7. The number of nitrogens with one attached hydrogen (secondary N) is 3. The molecule has 0 atom stereocenters. The maximum atomic E-state index is 14.7. The smallest absolute Gasteiger partial charge is 0.318 e. The van der Waals surface area contributed by atoms with E-state index in [4.69, 9.17) is 8.83 Å². The Labute approximate surface area is 389 Å². The number of benzene rings is 4. The van der Waals surface area contributed by atoms with E-state index in [9.17, 15) is 26.3 Å². The van der Waals surface area contributed by atoms with Crippen LogP contribution in [0.4, 0.5) is 55.1 Å². The zero-order valence-electron chi connectivity index (χ0n) is 33.4. The molecule has 8 aromatic rings. The Kier molecular flexibility index (Phi) is 15.4. The Hall–Kier alpha value is -6.14.